The summed E-state index contributed by atoms with van der Waals surface area (Å²) in [5, 5.41) is 0. The minimum absolute atomic E-state index is 0.333. The first kappa shape index (κ1) is 9.06. The number of hydrogen-bond acceptors (Lipinski definition) is 1. The van der Waals surface area contributed by atoms with E-state index in [1.165, 1.54) is 12.1 Å². The molecule has 0 radical (unpaired) electrons. The van der Waals surface area contributed by atoms with Gasteiger partial charge in [-0.2, -0.15) is 8.78 Å². The Morgan fingerprint density at radius 1 is 1.17 bits per heavy atom. The highest BCUT2D eigenvalue weighted by Gasteiger charge is 2.31. The predicted molar refractivity (Wildman–Crippen MR) is 37.3 cm³/mol. The zero-order valence-electron chi connectivity index (χ0n) is 6.14. The molecule has 0 aromatic heterocycles. The maximum Gasteiger partial charge on any atom is 0.390 e. The van der Waals surface area contributed by atoms with Crippen molar-refractivity contribution < 1.29 is 18.2 Å². The van der Waals surface area contributed by atoms with E-state index in [4.69, 9.17) is 0 Å². The van der Waals surface area contributed by atoms with E-state index < -0.39 is 12.5 Å². The minimum atomic E-state index is -3.72. The first-order valence-corrected chi connectivity index (χ1v) is 3.35. The summed E-state index contributed by atoms with van der Waals surface area (Å²) in [6, 6.07) is 7.85. The van der Waals surface area contributed by atoms with E-state index in [2.05, 4.69) is 4.94 Å². The van der Waals surface area contributed by atoms with Crippen LogP contribution in [0.4, 0.5) is 13.3 Å². The van der Waals surface area contributed by atoms with Gasteiger partial charge in [-0.05, 0) is 10.1 Å². The van der Waals surface area contributed by atoms with Crippen LogP contribution in [0.2, 0.25) is 0 Å². The molecule has 0 amide bonds. The monoisotopic (exact) mass is 176 g/mol. The molecule has 0 bridgehead atoms. The molecule has 12 heavy (non-hydrogen) atoms. The Hall–Kier alpha value is -1.03. The van der Waals surface area contributed by atoms with Crippen molar-refractivity contribution in [3.8, 4) is 0 Å². The third-order valence-corrected chi connectivity index (χ3v) is 1.37. The van der Waals surface area contributed by atoms with Crippen LogP contribution in [0.1, 0.15) is 5.56 Å². The van der Waals surface area contributed by atoms with E-state index in [0.717, 1.165) is 0 Å². The smallest absolute Gasteiger partial charge is 0.173 e. The maximum absolute atomic E-state index is 12.2. The molecule has 0 saturated heterocycles. The largest absolute Gasteiger partial charge is 0.390 e. The molecule has 1 aromatic rings. The number of benzene rings is 1. The van der Waals surface area contributed by atoms with Crippen molar-refractivity contribution in [2.45, 2.75) is 12.5 Å². The van der Waals surface area contributed by atoms with Crippen LogP contribution in [-0.4, -0.2) is 6.11 Å². The van der Waals surface area contributed by atoms with Gasteiger partial charge >= 0.3 is 6.11 Å². The molecular formula is C8H7F3O. The van der Waals surface area contributed by atoms with E-state index in [1.807, 2.05) is 0 Å². The lowest BCUT2D eigenvalue weighted by Gasteiger charge is -2.09. The summed E-state index contributed by atoms with van der Waals surface area (Å²) in [4.78, 5) is 2.51. The van der Waals surface area contributed by atoms with Crippen molar-refractivity contribution in [2.75, 3.05) is 0 Å². The van der Waals surface area contributed by atoms with Gasteiger partial charge in [0.2, 0.25) is 0 Å². The van der Waals surface area contributed by atoms with E-state index in [-0.39, 0.29) is 0 Å². The van der Waals surface area contributed by atoms with Crippen LogP contribution in [0.3, 0.4) is 0 Å². The molecule has 0 atom stereocenters. The van der Waals surface area contributed by atoms with Gasteiger partial charge in [0, 0.05) is 0 Å². The quantitative estimate of drug-likeness (QED) is 0.688. The highest BCUT2D eigenvalue weighted by molar-refractivity contribution is 5.15. The van der Waals surface area contributed by atoms with Crippen LogP contribution < -0.4 is 0 Å². The molecule has 0 aliphatic rings. The van der Waals surface area contributed by atoms with Gasteiger partial charge in [-0.1, -0.05) is 30.3 Å². The molecule has 1 aromatic carbocycles. The Bertz CT molecular complexity index is 235. The summed E-state index contributed by atoms with van der Waals surface area (Å²) in [6.07, 6.45) is -4.47. The molecular weight excluding hydrogens is 169 g/mol. The van der Waals surface area contributed by atoms with Gasteiger partial charge in [0.1, 0.15) is 0 Å². The van der Waals surface area contributed by atoms with Crippen molar-refractivity contribution in [1.82, 2.24) is 0 Å². The van der Waals surface area contributed by atoms with Gasteiger partial charge in [0.15, 0.2) is 0 Å². The molecule has 4 heteroatoms. The highest BCUT2D eigenvalue weighted by atomic mass is 19.4. The van der Waals surface area contributed by atoms with Crippen molar-refractivity contribution in [2.24, 2.45) is 0 Å². The normalized spacial score (nSPS) is 11.6. The Labute approximate surface area is 67.7 Å². The van der Waals surface area contributed by atoms with Crippen LogP contribution in [0.15, 0.2) is 30.3 Å². The Kier molecular flexibility index (Phi) is 2.70. The average molecular weight is 176 g/mol. The second-order valence-electron chi connectivity index (χ2n) is 2.38. The number of halogens is 3. The zero-order chi connectivity index (χ0) is 9.03. The fourth-order valence-corrected chi connectivity index (χ4v) is 0.861. The van der Waals surface area contributed by atoms with E-state index in [9.17, 15) is 13.3 Å². The van der Waals surface area contributed by atoms with Crippen LogP contribution in [0.5, 0.6) is 0 Å². The van der Waals surface area contributed by atoms with E-state index in [0.29, 0.717) is 5.56 Å². The van der Waals surface area contributed by atoms with Crippen molar-refractivity contribution in [3.63, 3.8) is 0 Å². The van der Waals surface area contributed by atoms with Crippen LogP contribution >= 0.6 is 0 Å². The Morgan fingerprint density at radius 3 is 2.25 bits per heavy atom. The topological polar surface area (TPSA) is 9.23 Å². The predicted octanol–water partition coefficient (Wildman–Crippen LogP) is 2.72. The first-order valence-electron chi connectivity index (χ1n) is 3.35. The standard InChI is InChI=1S/C8H7F3O/c9-8(10,12-11)6-7-4-2-1-3-5-7/h1-5H,6H2. The van der Waals surface area contributed by atoms with Gasteiger partial charge in [-0.15, -0.1) is 4.94 Å². The molecule has 0 spiro atoms. The molecule has 0 aliphatic carbocycles. The lowest BCUT2D eigenvalue weighted by molar-refractivity contribution is -0.353. The van der Waals surface area contributed by atoms with Crippen molar-refractivity contribution in [1.29, 1.82) is 0 Å². The van der Waals surface area contributed by atoms with Gasteiger partial charge in [0.25, 0.3) is 0 Å². The van der Waals surface area contributed by atoms with Gasteiger partial charge in [-0.3, -0.25) is 0 Å². The molecule has 0 saturated carbocycles. The van der Waals surface area contributed by atoms with Crippen molar-refractivity contribution >= 4 is 0 Å². The molecule has 0 heterocycles. The minimum Gasteiger partial charge on any atom is -0.173 e. The average Bonchev–Trinajstić information content (AvgIpc) is 2.06. The zero-order valence-corrected chi connectivity index (χ0v) is 6.14. The summed E-state index contributed by atoms with van der Waals surface area (Å²) >= 11 is 0. The van der Waals surface area contributed by atoms with Crippen LogP contribution in [0.25, 0.3) is 0 Å². The third-order valence-electron chi connectivity index (χ3n) is 1.37. The summed E-state index contributed by atoms with van der Waals surface area (Å²) in [5.74, 6) is 0. The van der Waals surface area contributed by atoms with Gasteiger partial charge < -0.3 is 0 Å². The number of rotatable bonds is 3. The Balaban J connectivity index is 2.64. The van der Waals surface area contributed by atoms with E-state index >= 15 is 0 Å². The van der Waals surface area contributed by atoms with Gasteiger partial charge in [0.05, 0.1) is 6.42 Å². The Morgan fingerprint density at radius 2 is 1.75 bits per heavy atom. The molecule has 0 fully saturated rings. The molecule has 0 unspecified atom stereocenters. The highest BCUT2D eigenvalue weighted by Crippen LogP contribution is 2.21. The molecule has 1 rings (SSSR count). The fraction of sp³-hybridized carbons (Fsp3) is 0.250. The van der Waals surface area contributed by atoms with Crippen LogP contribution in [0, 0.1) is 0 Å². The number of alkyl halides is 2. The second kappa shape index (κ2) is 3.58. The van der Waals surface area contributed by atoms with E-state index in [1.54, 1.807) is 18.2 Å². The third kappa shape index (κ3) is 2.54. The lowest BCUT2D eigenvalue weighted by Crippen LogP contribution is -2.19. The molecule has 66 valence electrons. The summed E-state index contributed by atoms with van der Waals surface area (Å²) in [5.41, 5.74) is 0.333. The van der Waals surface area contributed by atoms with Crippen LogP contribution in [-0.2, 0) is 11.4 Å². The summed E-state index contributed by atoms with van der Waals surface area (Å²) in [6.45, 7) is 0. The second-order valence-corrected chi connectivity index (χ2v) is 2.38. The molecule has 1 nitrogen and oxygen atoms in total. The molecule has 0 aliphatic heterocycles. The fourth-order valence-electron chi connectivity index (χ4n) is 0.861. The SMILES string of the molecule is FOC(F)(F)Cc1ccccc1. The lowest BCUT2D eigenvalue weighted by atomic mass is 10.1. The molecule has 0 N–H and O–H groups in total. The summed E-state index contributed by atoms with van der Waals surface area (Å²) < 4.78 is 35.7. The van der Waals surface area contributed by atoms with Gasteiger partial charge in [-0.25, -0.2) is 0 Å². The van der Waals surface area contributed by atoms with Crippen molar-refractivity contribution in [3.05, 3.63) is 35.9 Å². The maximum atomic E-state index is 12.2. The summed E-state index contributed by atoms with van der Waals surface area (Å²) in [7, 11) is 0. The number of hydrogen-bond donors (Lipinski definition) is 0. The first-order chi connectivity index (χ1) is 5.64.